The van der Waals surface area contributed by atoms with E-state index in [2.05, 4.69) is 5.32 Å². The van der Waals surface area contributed by atoms with Gasteiger partial charge in [0.15, 0.2) is 6.10 Å². The second kappa shape index (κ2) is 10.6. The zero-order valence-electron chi connectivity index (χ0n) is 18.2. The number of hydrogen-bond donors (Lipinski definition) is 1. The summed E-state index contributed by atoms with van der Waals surface area (Å²) in [7, 11) is -3.65. The smallest absolute Gasteiger partial charge is 0.309 e. The number of anilines is 1. The van der Waals surface area contributed by atoms with Gasteiger partial charge in [-0.05, 0) is 63.1 Å². The number of nitrogens with zero attached hydrogens (tertiary/aromatic N) is 1. The maximum atomic E-state index is 12.9. The SMILES string of the molecule is CCOc1ccc(S(=O)(=O)N2CCC(C(=O)OC(C)C(=O)Nc3ccccc3)CC2)cc1. The van der Waals surface area contributed by atoms with E-state index >= 15 is 0 Å². The quantitative estimate of drug-likeness (QED) is 0.608. The summed E-state index contributed by atoms with van der Waals surface area (Å²) in [5.74, 6) is -0.744. The third-order valence-corrected chi connectivity index (χ3v) is 7.18. The van der Waals surface area contributed by atoms with Gasteiger partial charge in [0.2, 0.25) is 10.0 Å². The Labute approximate surface area is 188 Å². The van der Waals surface area contributed by atoms with Gasteiger partial charge in [-0.15, -0.1) is 0 Å². The zero-order valence-corrected chi connectivity index (χ0v) is 19.0. The van der Waals surface area contributed by atoms with Gasteiger partial charge >= 0.3 is 5.97 Å². The van der Waals surface area contributed by atoms with Crippen molar-refractivity contribution in [3.63, 3.8) is 0 Å². The standard InChI is InChI=1S/C23H28N2O6S/c1-3-30-20-9-11-21(12-10-20)32(28,29)25-15-13-18(14-16-25)23(27)31-17(2)22(26)24-19-7-5-4-6-8-19/h4-12,17-18H,3,13-16H2,1-2H3,(H,24,26). The molecule has 8 nitrogen and oxygen atoms in total. The Hall–Kier alpha value is -2.91. The first kappa shape index (κ1) is 23.7. The van der Waals surface area contributed by atoms with Crippen molar-refractivity contribution < 1.29 is 27.5 Å². The second-order valence-corrected chi connectivity index (χ2v) is 9.46. The number of ether oxygens (including phenoxy) is 2. The maximum absolute atomic E-state index is 12.9. The monoisotopic (exact) mass is 460 g/mol. The maximum Gasteiger partial charge on any atom is 0.309 e. The van der Waals surface area contributed by atoms with Crippen LogP contribution in [0.25, 0.3) is 0 Å². The van der Waals surface area contributed by atoms with Crippen LogP contribution in [0.4, 0.5) is 5.69 Å². The van der Waals surface area contributed by atoms with Gasteiger partial charge in [-0.25, -0.2) is 8.42 Å². The van der Waals surface area contributed by atoms with E-state index < -0.39 is 33.9 Å². The molecule has 9 heteroatoms. The number of carbonyl (C=O) groups is 2. The van der Waals surface area contributed by atoms with Gasteiger partial charge in [0.25, 0.3) is 5.91 Å². The molecule has 1 heterocycles. The van der Waals surface area contributed by atoms with Crippen LogP contribution in [-0.2, 0) is 24.3 Å². The molecule has 2 aromatic rings. The van der Waals surface area contributed by atoms with E-state index in [1.165, 1.54) is 23.4 Å². The van der Waals surface area contributed by atoms with Crippen molar-refractivity contribution in [1.29, 1.82) is 0 Å². The van der Waals surface area contributed by atoms with Crippen molar-refractivity contribution in [2.24, 2.45) is 5.92 Å². The normalized spacial score (nSPS) is 16.2. The molecule has 0 radical (unpaired) electrons. The minimum absolute atomic E-state index is 0.188. The first-order valence-corrected chi connectivity index (χ1v) is 12.0. The number of esters is 1. The molecule has 1 fully saturated rings. The van der Waals surface area contributed by atoms with Gasteiger partial charge in [-0.3, -0.25) is 9.59 Å². The Morgan fingerprint density at radius 3 is 2.28 bits per heavy atom. The topological polar surface area (TPSA) is 102 Å². The Kier molecular flexibility index (Phi) is 7.87. The summed E-state index contributed by atoms with van der Waals surface area (Å²) in [5.41, 5.74) is 0.619. The van der Waals surface area contributed by atoms with E-state index in [0.717, 1.165) is 0 Å². The Morgan fingerprint density at radius 2 is 1.69 bits per heavy atom. The molecule has 0 aromatic heterocycles. The average Bonchev–Trinajstić information content (AvgIpc) is 2.80. The van der Waals surface area contributed by atoms with Crippen LogP contribution < -0.4 is 10.1 Å². The molecule has 0 bridgehead atoms. The van der Waals surface area contributed by atoms with Crippen molar-refractivity contribution in [3.05, 3.63) is 54.6 Å². The first-order valence-electron chi connectivity index (χ1n) is 10.6. The minimum Gasteiger partial charge on any atom is -0.494 e. The number of rotatable bonds is 8. The van der Waals surface area contributed by atoms with E-state index in [0.29, 0.717) is 30.9 Å². The van der Waals surface area contributed by atoms with Gasteiger partial charge < -0.3 is 14.8 Å². The summed E-state index contributed by atoms with van der Waals surface area (Å²) in [6.45, 7) is 4.29. The fourth-order valence-corrected chi connectivity index (χ4v) is 4.91. The number of hydrogen-bond acceptors (Lipinski definition) is 6. The van der Waals surface area contributed by atoms with Gasteiger partial charge in [0, 0.05) is 18.8 Å². The molecule has 1 N–H and O–H groups in total. The lowest BCUT2D eigenvalue weighted by molar-refractivity contribution is -0.158. The van der Waals surface area contributed by atoms with Crippen LogP contribution in [0.1, 0.15) is 26.7 Å². The summed E-state index contributed by atoms with van der Waals surface area (Å²) in [6, 6.07) is 15.2. The van der Waals surface area contributed by atoms with E-state index in [4.69, 9.17) is 9.47 Å². The minimum atomic E-state index is -3.65. The van der Waals surface area contributed by atoms with E-state index in [-0.39, 0.29) is 18.0 Å². The highest BCUT2D eigenvalue weighted by Gasteiger charge is 2.34. The molecule has 32 heavy (non-hydrogen) atoms. The van der Waals surface area contributed by atoms with Crippen LogP contribution in [0.15, 0.2) is 59.5 Å². The molecular formula is C23H28N2O6S. The lowest BCUT2D eigenvalue weighted by Gasteiger charge is -2.30. The molecule has 0 saturated carbocycles. The largest absolute Gasteiger partial charge is 0.494 e. The summed E-state index contributed by atoms with van der Waals surface area (Å²) >= 11 is 0. The molecule has 0 spiro atoms. The molecule has 1 atom stereocenters. The second-order valence-electron chi connectivity index (χ2n) is 7.52. The molecule has 1 aliphatic rings. The van der Waals surface area contributed by atoms with E-state index in [1.54, 1.807) is 36.4 Å². The Bertz CT molecular complexity index is 1020. The van der Waals surface area contributed by atoms with Gasteiger partial charge in [0.1, 0.15) is 5.75 Å². The van der Waals surface area contributed by atoms with Crippen molar-refractivity contribution in [2.75, 3.05) is 25.0 Å². The lowest BCUT2D eigenvalue weighted by Crippen LogP contribution is -2.41. The molecule has 3 rings (SSSR count). The number of carbonyl (C=O) groups excluding carboxylic acids is 2. The number of sulfonamides is 1. The van der Waals surface area contributed by atoms with Crippen LogP contribution in [0.2, 0.25) is 0 Å². The molecule has 1 aliphatic heterocycles. The zero-order chi connectivity index (χ0) is 23.1. The molecule has 1 unspecified atom stereocenters. The summed E-state index contributed by atoms with van der Waals surface area (Å²) in [4.78, 5) is 24.9. The number of nitrogens with one attached hydrogen (secondary N) is 1. The highest BCUT2D eigenvalue weighted by atomic mass is 32.2. The molecule has 1 saturated heterocycles. The van der Waals surface area contributed by atoms with Crippen molar-refractivity contribution in [3.8, 4) is 5.75 Å². The number of benzene rings is 2. The molecule has 2 aromatic carbocycles. The third kappa shape index (κ3) is 5.86. The van der Waals surface area contributed by atoms with Crippen LogP contribution in [-0.4, -0.2) is 50.4 Å². The fourth-order valence-electron chi connectivity index (χ4n) is 3.44. The number of amides is 1. The van der Waals surface area contributed by atoms with Gasteiger partial charge in [-0.2, -0.15) is 4.31 Å². The van der Waals surface area contributed by atoms with Crippen LogP contribution >= 0.6 is 0 Å². The van der Waals surface area contributed by atoms with Gasteiger partial charge in [-0.1, -0.05) is 18.2 Å². The van der Waals surface area contributed by atoms with Crippen LogP contribution in [0.3, 0.4) is 0 Å². The average molecular weight is 461 g/mol. The summed E-state index contributed by atoms with van der Waals surface area (Å²) in [6.07, 6.45) is -0.280. The summed E-state index contributed by atoms with van der Waals surface area (Å²) < 4.78 is 37.8. The van der Waals surface area contributed by atoms with E-state index in [9.17, 15) is 18.0 Å². The Morgan fingerprint density at radius 1 is 1.06 bits per heavy atom. The van der Waals surface area contributed by atoms with Crippen molar-refractivity contribution in [1.82, 2.24) is 4.31 Å². The van der Waals surface area contributed by atoms with Crippen molar-refractivity contribution >= 4 is 27.6 Å². The number of para-hydroxylation sites is 1. The predicted octanol–water partition coefficient (Wildman–Crippen LogP) is 3.06. The third-order valence-electron chi connectivity index (χ3n) is 5.26. The fraction of sp³-hybridized carbons (Fsp3) is 0.391. The van der Waals surface area contributed by atoms with Gasteiger partial charge in [0.05, 0.1) is 17.4 Å². The predicted molar refractivity (Wildman–Crippen MR) is 120 cm³/mol. The highest BCUT2D eigenvalue weighted by molar-refractivity contribution is 7.89. The molecule has 1 amide bonds. The molecule has 0 aliphatic carbocycles. The lowest BCUT2D eigenvalue weighted by atomic mass is 9.98. The Balaban J connectivity index is 1.52. The number of piperidine rings is 1. The first-order chi connectivity index (χ1) is 15.3. The summed E-state index contributed by atoms with van der Waals surface area (Å²) in [5, 5.41) is 2.69. The highest BCUT2D eigenvalue weighted by Crippen LogP contribution is 2.26. The molecule has 172 valence electrons. The molecular weight excluding hydrogens is 432 g/mol. The van der Waals surface area contributed by atoms with Crippen molar-refractivity contribution in [2.45, 2.75) is 37.7 Å². The van der Waals surface area contributed by atoms with Crippen LogP contribution in [0, 0.1) is 5.92 Å². The van der Waals surface area contributed by atoms with Crippen LogP contribution in [0.5, 0.6) is 5.75 Å². The van der Waals surface area contributed by atoms with E-state index in [1.807, 2.05) is 13.0 Å².